The van der Waals surface area contributed by atoms with Crippen LogP contribution in [-0.2, 0) is 0 Å². The average Bonchev–Trinajstić information content (AvgIpc) is 2.53. The fourth-order valence-corrected chi connectivity index (χ4v) is 2.60. The van der Waals surface area contributed by atoms with E-state index in [4.69, 9.17) is 4.74 Å². The van der Waals surface area contributed by atoms with Crippen LogP contribution in [0, 0.1) is 5.92 Å². The Balaban J connectivity index is 1.76. The smallest absolute Gasteiger partial charge is 0.199 e. The second-order valence-corrected chi connectivity index (χ2v) is 5.78. The minimum atomic E-state index is -1.16. The molecule has 0 spiro atoms. The first-order valence-corrected chi connectivity index (χ1v) is 7.75. The Morgan fingerprint density at radius 3 is 2.45 bits per heavy atom. The van der Waals surface area contributed by atoms with Crippen molar-refractivity contribution in [3.8, 4) is 5.75 Å². The molecule has 22 heavy (non-hydrogen) atoms. The van der Waals surface area contributed by atoms with Crippen LogP contribution in [0.1, 0.15) is 41.3 Å². The Hall–Kier alpha value is -2.13. The summed E-state index contributed by atoms with van der Waals surface area (Å²) < 4.78 is 5.82. The van der Waals surface area contributed by atoms with Crippen LogP contribution in [0.5, 0.6) is 5.75 Å². The Morgan fingerprint density at radius 2 is 1.77 bits per heavy atom. The second kappa shape index (κ2) is 6.75. The van der Waals surface area contributed by atoms with Crippen molar-refractivity contribution in [1.82, 2.24) is 0 Å². The zero-order chi connectivity index (χ0) is 15.4. The Morgan fingerprint density at radius 1 is 1.09 bits per heavy atom. The monoisotopic (exact) mass is 296 g/mol. The van der Waals surface area contributed by atoms with E-state index in [1.54, 1.807) is 30.3 Å². The molecule has 0 radical (unpaired) electrons. The van der Waals surface area contributed by atoms with Crippen molar-refractivity contribution < 1.29 is 14.6 Å². The third-order valence-corrected chi connectivity index (χ3v) is 4.22. The number of para-hydroxylation sites is 1. The Labute approximate surface area is 130 Å². The lowest BCUT2D eigenvalue weighted by Gasteiger charge is -2.25. The maximum absolute atomic E-state index is 12.6. The fourth-order valence-electron chi connectivity index (χ4n) is 2.60. The highest BCUT2D eigenvalue weighted by Gasteiger charge is 2.23. The van der Waals surface area contributed by atoms with Gasteiger partial charge in [-0.1, -0.05) is 48.9 Å². The topological polar surface area (TPSA) is 46.5 Å². The van der Waals surface area contributed by atoms with Gasteiger partial charge >= 0.3 is 0 Å². The van der Waals surface area contributed by atoms with Crippen LogP contribution in [0.25, 0.3) is 0 Å². The summed E-state index contributed by atoms with van der Waals surface area (Å²) in [6.07, 6.45) is 2.50. The van der Waals surface area contributed by atoms with E-state index in [0.29, 0.717) is 29.4 Å². The van der Waals surface area contributed by atoms with Crippen molar-refractivity contribution in [2.24, 2.45) is 5.92 Å². The maximum atomic E-state index is 12.6. The van der Waals surface area contributed by atoms with Crippen molar-refractivity contribution in [3.63, 3.8) is 0 Å². The Bertz CT molecular complexity index is 632. The molecule has 1 N–H and O–H groups in total. The lowest BCUT2D eigenvalue weighted by atomic mass is 9.86. The normalized spacial score (nSPS) is 15.9. The number of carbonyl (C=O) groups is 1. The average molecular weight is 296 g/mol. The highest BCUT2D eigenvalue weighted by Crippen LogP contribution is 2.29. The molecule has 0 aromatic heterocycles. The SMILES string of the molecule is O=C(c1ccccc1OCC1CCC1)C(O)c1ccccc1. The van der Waals surface area contributed by atoms with Gasteiger partial charge in [0.25, 0.3) is 0 Å². The molecule has 1 atom stereocenters. The molecule has 3 heteroatoms. The van der Waals surface area contributed by atoms with E-state index in [9.17, 15) is 9.90 Å². The molecule has 0 bridgehead atoms. The largest absolute Gasteiger partial charge is 0.493 e. The van der Waals surface area contributed by atoms with Crippen molar-refractivity contribution in [2.75, 3.05) is 6.61 Å². The first kappa shape index (κ1) is 14.8. The van der Waals surface area contributed by atoms with Gasteiger partial charge in [0.05, 0.1) is 12.2 Å². The molecular formula is C19H20O3. The molecular weight excluding hydrogens is 276 g/mol. The zero-order valence-corrected chi connectivity index (χ0v) is 12.4. The summed E-state index contributed by atoms with van der Waals surface area (Å²) in [7, 11) is 0. The van der Waals surface area contributed by atoms with Crippen LogP contribution in [0.4, 0.5) is 0 Å². The van der Waals surface area contributed by atoms with E-state index in [1.807, 2.05) is 24.3 Å². The molecule has 0 aliphatic heterocycles. The summed E-state index contributed by atoms with van der Waals surface area (Å²) in [4.78, 5) is 12.6. The number of aliphatic hydroxyl groups is 1. The molecule has 3 nitrogen and oxygen atoms in total. The first-order valence-electron chi connectivity index (χ1n) is 7.75. The first-order chi connectivity index (χ1) is 10.8. The quantitative estimate of drug-likeness (QED) is 0.825. The van der Waals surface area contributed by atoms with Crippen LogP contribution in [0.2, 0.25) is 0 Å². The lowest BCUT2D eigenvalue weighted by molar-refractivity contribution is 0.0741. The van der Waals surface area contributed by atoms with E-state index in [0.717, 1.165) is 0 Å². The van der Waals surface area contributed by atoms with Gasteiger partial charge in [-0.25, -0.2) is 0 Å². The zero-order valence-electron chi connectivity index (χ0n) is 12.4. The molecule has 2 aromatic carbocycles. The van der Waals surface area contributed by atoms with Gasteiger partial charge < -0.3 is 9.84 Å². The van der Waals surface area contributed by atoms with E-state index < -0.39 is 6.10 Å². The molecule has 1 aliphatic carbocycles. The molecule has 0 amide bonds. The van der Waals surface area contributed by atoms with Gasteiger partial charge in [-0.3, -0.25) is 4.79 Å². The molecule has 1 unspecified atom stereocenters. The molecule has 1 saturated carbocycles. The fraction of sp³-hybridized carbons (Fsp3) is 0.316. The van der Waals surface area contributed by atoms with E-state index in [1.165, 1.54) is 19.3 Å². The molecule has 0 saturated heterocycles. The molecule has 3 rings (SSSR count). The number of rotatable bonds is 6. The maximum Gasteiger partial charge on any atom is 0.199 e. The number of ether oxygens (including phenoxy) is 1. The van der Waals surface area contributed by atoms with Gasteiger partial charge in [0.1, 0.15) is 11.9 Å². The Kier molecular flexibility index (Phi) is 4.54. The van der Waals surface area contributed by atoms with Crippen molar-refractivity contribution in [2.45, 2.75) is 25.4 Å². The summed E-state index contributed by atoms with van der Waals surface area (Å²) in [5, 5.41) is 10.3. The van der Waals surface area contributed by atoms with Crippen molar-refractivity contribution in [3.05, 3.63) is 65.7 Å². The summed E-state index contributed by atoms with van der Waals surface area (Å²) in [5.41, 5.74) is 1.04. The summed E-state index contributed by atoms with van der Waals surface area (Å²) in [5.74, 6) is 0.840. The third-order valence-electron chi connectivity index (χ3n) is 4.22. The van der Waals surface area contributed by atoms with Crippen LogP contribution in [-0.4, -0.2) is 17.5 Å². The number of aliphatic hydroxyl groups excluding tert-OH is 1. The van der Waals surface area contributed by atoms with Gasteiger partial charge in [0.2, 0.25) is 0 Å². The molecule has 2 aromatic rings. The number of hydrogen-bond donors (Lipinski definition) is 1. The highest BCUT2D eigenvalue weighted by molar-refractivity contribution is 6.02. The number of benzene rings is 2. The van der Waals surface area contributed by atoms with Gasteiger partial charge in [0.15, 0.2) is 5.78 Å². The summed E-state index contributed by atoms with van der Waals surface area (Å²) >= 11 is 0. The van der Waals surface area contributed by atoms with Crippen LogP contribution >= 0.6 is 0 Å². The highest BCUT2D eigenvalue weighted by atomic mass is 16.5. The number of Topliss-reactive ketones (excluding diaryl/α,β-unsaturated/α-hetero) is 1. The minimum absolute atomic E-state index is 0.324. The summed E-state index contributed by atoms with van der Waals surface area (Å²) in [6.45, 7) is 0.645. The van der Waals surface area contributed by atoms with E-state index in [-0.39, 0.29) is 5.78 Å². The molecule has 0 heterocycles. The van der Waals surface area contributed by atoms with Crippen LogP contribution in [0.3, 0.4) is 0 Å². The lowest BCUT2D eigenvalue weighted by Crippen LogP contribution is -2.20. The number of carbonyl (C=O) groups excluding carboxylic acids is 1. The minimum Gasteiger partial charge on any atom is -0.493 e. The van der Waals surface area contributed by atoms with E-state index in [2.05, 4.69) is 0 Å². The number of ketones is 1. The van der Waals surface area contributed by atoms with Crippen molar-refractivity contribution >= 4 is 5.78 Å². The molecule has 114 valence electrons. The van der Waals surface area contributed by atoms with E-state index >= 15 is 0 Å². The molecule has 1 aliphatic rings. The number of hydrogen-bond acceptors (Lipinski definition) is 3. The van der Waals surface area contributed by atoms with Gasteiger partial charge in [-0.2, -0.15) is 0 Å². The standard InChI is InChI=1S/C19H20O3/c20-18(15-9-2-1-3-10-15)19(21)16-11-4-5-12-17(16)22-13-14-7-6-8-14/h1-5,9-12,14,18,20H,6-8,13H2. The second-order valence-electron chi connectivity index (χ2n) is 5.78. The summed E-state index contributed by atoms with van der Waals surface area (Å²) in [6, 6.07) is 16.1. The molecule has 1 fully saturated rings. The van der Waals surface area contributed by atoms with Gasteiger partial charge in [-0.15, -0.1) is 0 Å². The van der Waals surface area contributed by atoms with Gasteiger partial charge in [0, 0.05) is 0 Å². The van der Waals surface area contributed by atoms with Crippen molar-refractivity contribution in [1.29, 1.82) is 0 Å². The van der Waals surface area contributed by atoms with Crippen LogP contribution in [0.15, 0.2) is 54.6 Å². The predicted octanol–water partition coefficient (Wildman–Crippen LogP) is 3.78. The van der Waals surface area contributed by atoms with Crippen LogP contribution < -0.4 is 4.74 Å². The third kappa shape index (κ3) is 3.20. The van der Waals surface area contributed by atoms with Gasteiger partial charge in [-0.05, 0) is 36.5 Å². The predicted molar refractivity (Wildman–Crippen MR) is 85.0 cm³/mol.